The molecule has 2 aliphatic rings. The first kappa shape index (κ1) is 12.2. The fourth-order valence-electron chi connectivity index (χ4n) is 3.31. The Balaban J connectivity index is 1.57. The highest BCUT2D eigenvalue weighted by Crippen LogP contribution is 2.28. The molecule has 4 nitrogen and oxygen atoms in total. The van der Waals surface area contributed by atoms with Gasteiger partial charge in [0.1, 0.15) is 0 Å². The van der Waals surface area contributed by atoms with Crippen molar-refractivity contribution < 1.29 is 0 Å². The highest BCUT2D eigenvalue weighted by molar-refractivity contribution is 5.01. The summed E-state index contributed by atoms with van der Waals surface area (Å²) in [7, 11) is 0. The van der Waals surface area contributed by atoms with Crippen molar-refractivity contribution in [2.24, 2.45) is 11.7 Å². The Hall–Kier alpha value is -0.870. The second-order valence-electron chi connectivity index (χ2n) is 5.85. The third-order valence-electron chi connectivity index (χ3n) is 4.45. The second kappa shape index (κ2) is 5.41. The summed E-state index contributed by atoms with van der Waals surface area (Å²) < 4.78 is 2.19. The van der Waals surface area contributed by atoms with Gasteiger partial charge in [0, 0.05) is 19.3 Å². The molecule has 1 aliphatic carbocycles. The molecular formula is C14H24N4. The molecule has 0 amide bonds. The summed E-state index contributed by atoms with van der Waals surface area (Å²) >= 11 is 0. The molecule has 0 radical (unpaired) electrons. The van der Waals surface area contributed by atoms with Crippen LogP contribution in [0.5, 0.6) is 0 Å². The minimum absolute atomic E-state index is 0.661. The van der Waals surface area contributed by atoms with Gasteiger partial charge >= 0.3 is 0 Å². The van der Waals surface area contributed by atoms with E-state index >= 15 is 0 Å². The van der Waals surface area contributed by atoms with E-state index in [0.29, 0.717) is 12.0 Å². The lowest BCUT2D eigenvalue weighted by Crippen LogP contribution is -2.23. The van der Waals surface area contributed by atoms with Crippen molar-refractivity contribution in [3.63, 3.8) is 0 Å². The van der Waals surface area contributed by atoms with Crippen LogP contribution in [-0.2, 0) is 6.54 Å². The smallest absolute Gasteiger partial charge is 0.0764 e. The average Bonchev–Trinajstić information content (AvgIpc) is 3.10. The van der Waals surface area contributed by atoms with Gasteiger partial charge in [0.05, 0.1) is 11.7 Å². The van der Waals surface area contributed by atoms with Gasteiger partial charge in [-0.25, -0.2) is 0 Å². The van der Waals surface area contributed by atoms with Crippen molar-refractivity contribution in [1.29, 1.82) is 0 Å². The number of hydrogen-bond acceptors (Lipinski definition) is 3. The van der Waals surface area contributed by atoms with Gasteiger partial charge in [-0.05, 0) is 44.3 Å². The van der Waals surface area contributed by atoms with E-state index in [-0.39, 0.29) is 0 Å². The van der Waals surface area contributed by atoms with Crippen LogP contribution in [0.1, 0.15) is 43.8 Å². The van der Waals surface area contributed by atoms with Crippen LogP contribution in [0, 0.1) is 5.92 Å². The largest absolute Gasteiger partial charge is 0.330 e. The van der Waals surface area contributed by atoms with E-state index in [4.69, 9.17) is 10.8 Å². The first-order valence-corrected chi connectivity index (χ1v) is 7.31. The van der Waals surface area contributed by atoms with E-state index in [0.717, 1.165) is 19.6 Å². The normalized spacial score (nSPS) is 26.2. The maximum atomic E-state index is 5.73. The van der Waals surface area contributed by atoms with Gasteiger partial charge in [0.15, 0.2) is 0 Å². The number of likely N-dealkylation sites (tertiary alicyclic amines) is 1. The summed E-state index contributed by atoms with van der Waals surface area (Å²) in [5, 5.41) is 4.75. The van der Waals surface area contributed by atoms with Gasteiger partial charge < -0.3 is 5.73 Å². The number of nitrogens with two attached hydrogens (primary N) is 1. The quantitative estimate of drug-likeness (QED) is 0.883. The van der Waals surface area contributed by atoms with Gasteiger partial charge in [-0.2, -0.15) is 5.10 Å². The Kier molecular flexibility index (Phi) is 3.66. The van der Waals surface area contributed by atoms with Crippen LogP contribution in [0.4, 0.5) is 0 Å². The molecule has 1 unspecified atom stereocenters. The van der Waals surface area contributed by atoms with Gasteiger partial charge in [0.25, 0.3) is 0 Å². The summed E-state index contributed by atoms with van der Waals surface area (Å²) in [4.78, 5) is 2.48. The Morgan fingerprint density at radius 1 is 1.28 bits per heavy atom. The van der Waals surface area contributed by atoms with Crippen LogP contribution >= 0.6 is 0 Å². The van der Waals surface area contributed by atoms with Crippen LogP contribution in [0.15, 0.2) is 12.3 Å². The highest BCUT2D eigenvalue weighted by Gasteiger charge is 2.22. The Morgan fingerprint density at radius 2 is 2.11 bits per heavy atom. The zero-order valence-electron chi connectivity index (χ0n) is 11.1. The van der Waals surface area contributed by atoms with Gasteiger partial charge in [-0.1, -0.05) is 12.8 Å². The minimum atomic E-state index is 0.661. The van der Waals surface area contributed by atoms with Gasteiger partial charge in [-0.15, -0.1) is 0 Å². The van der Waals surface area contributed by atoms with Crippen LogP contribution in [-0.4, -0.2) is 34.3 Å². The third kappa shape index (κ3) is 2.59. The van der Waals surface area contributed by atoms with Crippen LogP contribution in [0.25, 0.3) is 0 Å². The van der Waals surface area contributed by atoms with Crippen LogP contribution in [0.3, 0.4) is 0 Å². The Morgan fingerprint density at radius 3 is 2.83 bits per heavy atom. The summed E-state index contributed by atoms with van der Waals surface area (Å²) in [5.74, 6) is 0.696. The lowest BCUT2D eigenvalue weighted by Gasteiger charge is -2.14. The molecule has 0 aromatic carbocycles. The van der Waals surface area contributed by atoms with E-state index in [2.05, 4.69) is 21.8 Å². The predicted molar refractivity (Wildman–Crippen MR) is 72.2 cm³/mol. The van der Waals surface area contributed by atoms with Crippen molar-refractivity contribution in [2.45, 2.75) is 44.7 Å². The van der Waals surface area contributed by atoms with Crippen molar-refractivity contribution in [3.05, 3.63) is 18.0 Å². The zero-order valence-corrected chi connectivity index (χ0v) is 11.1. The maximum Gasteiger partial charge on any atom is 0.0764 e. The van der Waals surface area contributed by atoms with E-state index in [1.807, 2.05) is 0 Å². The number of nitrogens with zero attached hydrogens (tertiary/aromatic N) is 3. The second-order valence-corrected chi connectivity index (χ2v) is 5.85. The molecule has 4 heteroatoms. The molecule has 2 heterocycles. The van der Waals surface area contributed by atoms with Crippen molar-refractivity contribution >= 4 is 0 Å². The summed E-state index contributed by atoms with van der Waals surface area (Å²) in [6.45, 7) is 4.15. The summed E-state index contributed by atoms with van der Waals surface area (Å²) in [6.07, 6.45) is 8.76. The fraction of sp³-hybridized carbons (Fsp3) is 0.786. The van der Waals surface area contributed by atoms with E-state index < -0.39 is 0 Å². The van der Waals surface area contributed by atoms with Gasteiger partial charge in [-0.3, -0.25) is 9.58 Å². The lowest BCUT2D eigenvalue weighted by atomic mass is 10.1. The summed E-state index contributed by atoms with van der Waals surface area (Å²) in [5.41, 5.74) is 6.95. The predicted octanol–water partition coefficient (Wildman–Crippen LogP) is 1.78. The first-order chi connectivity index (χ1) is 8.85. The number of rotatable bonds is 4. The molecule has 1 aliphatic heterocycles. The summed E-state index contributed by atoms with van der Waals surface area (Å²) in [6, 6.07) is 2.85. The Labute approximate surface area is 109 Å². The highest BCUT2D eigenvalue weighted by atomic mass is 15.3. The van der Waals surface area contributed by atoms with E-state index in [1.165, 1.54) is 44.3 Å². The third-order valence-corrected chi connectivity index (χ3v) is 4.45. The van der Waals surface area contributed by atoms with E-state index in [9.17, 15) is 0 Å². The fourth-order valence-corrected chi connectivity index (χ4v) is 3.31. The molecule has 1 aromatic rings. The van der Waals surface area contributed by atoms with Crippen molar-refractivity contribution in [3.8, 4) is 0 Å². The standard InChI is InChI=1S/C14H24N4/c15-9-12-5-7-17(10-12)11-13-6-8-18(16-13)14-3-1-2-4-14/h6,8,12,14H,1-5,7,9-11,15H2. The minimum Gasteiger partial charge on any atom is -0.330 e. The lowest BCUT2D eigenvalue weighted by molar-refractivity contribution is 0.311. The van der Waals surface area contributed by atoms with Crippen molar-refractivity contribution in [2.75, 3.05) is 19.6 Å². The molecule has 1 atom stereocenters. The van der Waals surface area contributed by atoms with Crippen molar-refractivity contribution in [1.82, 2.24) is 14.7 Å². The number of aromatic nitrogens is 2. The van der Waals surface area contributed by atoms with Crippen LogP contribution < -0.4 is 5.73 Å². The topological polar surface area (TPSA) is 47.1 Å². The first-order valence-electron chi connectivity index (χ1n) is 7.31. The molecule has 1 aromatic heterocycles. The Bertz CT molecular complexity index is 381. The molecular weight excluding hydrogens is 224 g/mol. The number of hydrogen-bond donors (Lipinski definition) is 1. The molecule has 1 saturated heterocycles. The average molecular weight is 248 g/mol. The monoisotopic (exact) mass is 248 g/mol. The molecule has 1 saturated carbocycles. The maximum absolute atomic E-state index is 5.73. The zero-order chi connectivity index (χ0) is 12.4. The van der Waals surface area contributed by atoms with Gasteiger partial charge in [0.2, 0.25) is 0 Å². The van der Waals surface area contributed by atoms with E-state index in [1.54, 1.807) is 0 Å². The SMILES string of the molecule is NCC1CCN(Cc2ccn(C3CCCC3)n2)C1. The van der Waals surface area contributed by atoms with Crippen LogP contribution in [0.2, 0.25) is 0 Å². The molecule has 0 bridgehead atoms. The molecule has 2 N–H and O–H groups in total. The molecule has 0 spiro atoms. The molecule has 2 fully saturated rings. The molecule has 18 heavy (non-hydrogen) atoms. The molecule has 100 valence electrons. The molecule has 3 rings (SSSR count).